The van der Waals surface area contributed by atoms with Crippen LogP contribution < -0.4 is 10.6 Å². The van der Waals surface area contributed by atoms with Gasteiger partial charge in [0, 0.05) is 20.0 Å². The minimum Gasteiger partial charge on any atom is -0.337 e. The number of piperidine rings is 1. The first-order chi connectivity index (χ1) is 11.5. The maximum Gasteiger partial charge on any atom is 0.246 e. The van der Waals surface area contributed by atoms with E-state index < -0.39 is 0 Å². The van der Waals surface area contributed by atoms with Crippen LogP contribution in [0, 0.1) is 11.3 Å². The SMILES string of the molecule is CC(C)Cc1noc(CN(C)C(=O)[C@@H]2CC3(CCNCC3)CN2)n1. The minimum atomic E-state index is -0.0915. The Labute approximate surface area is 143 Å². The lowest BCUT2D eigenvalue weighted by Crippen LogP contribution is -2.41. The fourth-order valence-electron chi connectivity index (χ4n) is 3.78. The van der Waals surface area contributed by atoms with Crippen molar-refractivity contribution in [3.05, 3.63) is 11.7 Å². The van der Waals surface area contributed by atoms with Gasteiger partial charge in [0.05, 0.1) is 12.6 Å². The van der Waals surface area contributed by atoms with Gasteiger partial charge in [-0.15, -0.1) is 0 Å². The standard InChI is InChI=1S/C17H29N5O2/c1-12(2)8-14-20-15(24-21-14)10-22(3)16(23)13-9-17(11-19-13)4-6-18-7-5-17/h12-13,18-19H,4-11H2,1-3H3/t13-/m0/s1. The summed E-state index contributed by atoms with van der Waals surface area (Å²) in [7, 11) is 1.81. The normalized spacial score (nSPS) is 23.1. The van der Waals surface area contributed by atoms with Gasteiger partial charge in [-0.1, -0.05) is 19.0 Å². The van der Waals surface area contributed by atoms with Crippen molar-refractivity contribution >= 4 is 5.91 Å². The summed E-state index contributed by atoms with van der Waals surface area (Å²) < 4.78 is 5.28. The summed E-state index contributed by atoms with van der Waals surface area (Å²) in [5, 5.41) is 10.8. The fraction of sp³-hybridized carbons (Fsp3) is 0.824. The van der Waals surface area contributed by atoms with Crippen LogP contribution in [0.1, 0.15) is 44.8 Å². The molecule has 2 aliphatic heterocycles. The van der Waals surface area contributed by atoms with Gasteiger partial charge in [-0.3, -0.25) is 4.79 Å². The molecule has 0 radical (unpaired) electrons. The molecule has 1 aromatic heterocycles. The van der Waals surface area contributed by atoms with Crippen molar-refractivity contribution in [3.8, 4) is 0 Å². The van der Waals surface area contributed by atoms with Crippen molar-refractivity contribution in [3.63, 3.8) is 0 Å². The maximum absolute atomic E-state index is 12.7. The third-order valence-electron chi connectivity index (χ3n) is 5.17. The molecule has 1 atom stereocenters. The Kier molecular flexibility index (Phi) is 5.20. The van der Waals surface area contributed by atoms with E-state index in [1.165, 1.54) is 0 Å². The van der Waals surface area contributed by atoms with Crippen LogP contribution in [0.4, 0.5) is 0 Å². The Morgan fingerprint density at radius 3 is 2.88 bits per heavy atom. The second-order valence-electron chi connectivity index (χ2n) is 7.78. The monoisotopic (exact) mass is 335 g/mol. The van der Waals surface area contributed by atoms with Crippen molar-refractivity contribution in [2.75, 3.05) is 26.7 Å². The first kappa shape index (κ1) is 17.4. The van der Waals surface area contributed by atoms with Gasteiger partial charge >= 0.3 is 0 Å². The molecule has 1 spiro atoms. The molecule has 1 amide bonds. The van der Waals surface area contributed by atoms with Crippen molar-refractivity contribution in [1.29, 1.82) is 0 Å². The topological polar surface area (TPSA) is 83.3 Å². The molecule has 0 aromatic carbocycles. The molecule has 2 saturated heterocycles. The lowest BCUT2D eigenvalue weighted by atomic mass is 9.77. The van der Waals surface area contributed by atoms with Crippen LogP contribution in [0.25, 0.3) is 0 Å². The molecule has 2 fully saturated rings. The van der Waals surface area contributed by atoms with Gasteiger partial charge in [0.1, 0.15) is 0 Å². The summed E-state index contributed by atoms with van der Waals surface area (Å²) in [6.45, 7) is 7.66. The van der Waals surface area contributed by atoms with Gasteiger partial charge in [0.25, 0.3) is 0 Å². The zero-order valence-electron chi connectivity index (χ0n) is 15.0. The summed E-state index contributed by atoms with van der Waals surface area (Å²) >= 11 is 0. The number of amides is 1. The van der Waals surface area contributed by atoms with E-state index in [1.54, 1.807) is 4.90 Å². The molecule has 0 aliphatic carbocycles. The predicted octanol–water partition coefficient (Wildman–Crippen LogP) is 0.958. The Bertz CT molecular complexity index is 565. The highest BCUT2D eigenvalue weighted by Gasteiger charge is 2.42. The van der Waals surface area contributed by atoms with E-state index in [9.17, 15) is 4.79 Å². The smallest absolute Gasteiger partial charge is 0.246 e. The van der Waals surface area contributed by atoms with E-state index in [0.717, 1.165) is 45.3 Å². The van der Waals surface area contributed by atoms with E-state index in [2.05, 4.69) is 34.6 Å². The molecular weight excluding hydrogens is 306 g/mol. The van der Waals surface area contributed by atoms with Crippen LogP contribution in [0.15, 0.2) is 4.52 Å². The molecule has 0 saturated carbocycles. The zero-order chi connectivity index (χ0) is 17.2. The molecule has 3 heterocycles. The highest BCUT2D eigenvalue weighted by Crippen LogP contribution is 2.37. The summed E-state index contributed by atoms with van der Waals surface area (Å²) in [6, 6.07) is -0.0915. The third-order valence-corrected chi connectivity index (χ3v) is 5.17. The van der Waals surface area contributed by atoms with Gasteiger partial charge in [0.15, 0.2) is 5.82 Å². The molecule has 0 unspecified atom stereocenters. The van der Waals surface area contributed by atoms with Crippen molar-refractivity contribution in [2.24, 2.45) is 11.3 Å². The summed E-state index contributed by atoms with van der Waals surface area (Å²) in [5.41, 5.74) is 0.293. The zero-order valence-corrected chi connectivity index (χ0v) is 15.0. The number of aromatic nitrogens is 2. The fourth-order valence-corrected chi connectivity index (χ4v) is 3.78. The van der Waals surface area contributed by atoms with Crippen molar-refractivity contribution < 1.29 is 9.32 Å². The van der Waals surface area contributed by atoms with Gasteiger partial charge in [-0.05, 0) is 43.7 Å². The van der Waals surface area contributed by atoms with Gasteiger partial charge < -0.3 is 20.1 Å². The number of carbonyl (C=O) groups excluding carboxylic acids is 1. The van der Waals surface area contributed by atoms with Crippen LogP contribution in [0.3, 0.4) is 0 Å². The van der Waals surface area contributed by atoms with Crippen molar-refractivity contribution in [1.82, 2.24) is 25.7 Å². The molecule has 3 rings (SSSR count). The first-order valence-electron chi connectivity index (χ1n) is 8.98. The molecule has 7 nitrogen and oxygen atoms in total. The summed E-state index contributed by atoms with van der Waals surface area (Å²) in [5.74, 6) is 1.83. The molecule has 2 N–H and O–H groups in total. The molecule has 1 aromatic rings. The summed E-state index contributed by atoms with van der Waals surface area (Å²) in [6.07, 6.45) is 4.02. The van der Waals surface area contributed by atoms with Crippen LogP contribution in [0.2, 0.25) is 0 Å². The average molecular weight is 335 g/mol. The first-order valence-corrected chi connectivity index (χ1v) is 8.98. The molecule has 0 bridgehead atoms. The Hall–Kier alpha value is -1.47. The molecule has 7 heteroatoms. The number of hydrogen-bond acceptors (Lipinski definition) is 6. The largest absolute Gasteiger partial charge is 0.337 e. The van der Waals surface area contributed by atoms with Crippen molar-refractivity contribution in [2.45, 2.75) is 52.1 Å². The predicted molar refractivity (Wildman–Crippen MR) is 90.3 cm³/mol. The number of likely N-dealkylation sites (N-methyl/N-ethyl adjacent to an activating group) is 1. The average Bonchev–Trinajstić information content (AvgIpc) is 3.14. The number of carbonyl (C=O) groups is 1. The lowest BCUT2D eigenvalue weighted by Gasteiger charge is -2.33. The molecule has 134 valence electrons. The Morgan fingerprint density at radius 2 is 2.17 bits per heavy atom. The molecular formula is C17H29N5O2. The number of hydrogen-bond donors (Lipinski definition) is 2. The van der Waals surface area contributed by atoms with E-state index >= 15 is 0 Å². The van der Waals surface area contributed by atoms with E-state index in [4.69, 9.17) is 4.52 Å². The second kappa shape index (κ2) is 7.19. The van der Waals surface area contributed by atoms with E-state index in [-0.39, 0.29) is 11.9 Å². The number of nitrogens with zero attached hydrogens (tertiary/aromatic N) is 3. The van der Waals surface area contributed by atoms with Crippen LogP contribution in [-0.2, 0) is 17.8 Å². The Morgan fingerprint density at radius 1 is 1.42 bits per heavy atom. The molecule has 24 heavy (non-hydrogen) atoms. The van der Waals surface area contributed by atoms with Crippen LogP contribution in [0.5, 0.6) is 0 Å². The Balaban J connectivity index is 1.54. The van der Waals surface area contributed by atoms with Gasteiger partial charge in [-0.2, -0.15) is 4.98 Å². The minimum absolute atomic E-state index is 0.0915. The van der Waals surface area contributed by atoms with Crippen LogP contribution >= 0.6 is 0 Å². The van der Waals surface area contributed by atoms with Gasteiger partial charge in [0.2, 0.25) is 11.8 Å². The lowest BCUT2D eigenvalue weighted by molar-refractivity contribution is -0.132. The molecule has 2 aliphatic rings. The quantitative estimate of drug-likeness (QED) is 0.834. The van der Waals surface area contributed by atoms with Crippen LogP contribution in [-0.4, -0.2) is 53.7 Å². The second-order valence-corrected chi connectivity index (χ2v) is 7.78. The third kappa shape index (κ3) is 3.95. The van der Waals surface area contributed by atoms with E-state index in [1.807, 2.05) is 7.05 Å². The number of rotatable bonds is 5. The highest BCUT2D eigenvalue weighted by atomic mass is 16.5. The maximum atomic E-state index is 12.7. The van der Waals surface area contributed by atoms with Gasteiger partial charge in [-0.25, -0.2) is 0 Å². The number of nitrogens with one attached hydrogen (secondary N) is 2. The van der Waals surface area contributed by atoms with E-state index in [0.29, 0.717) is 29.6 Å². The summed E-state index contributed by atoms with van der Waals surface area (Å²) in [4.78, 5) is 18.8. The highest BCUT2D eigenvalue weighted by molar-refractivity contribution is 5.82.